The molecule has 1 N–H and O–H groups in total. The van der Waals surface area contributed by atoms with Crippen molar-refractivity contribution in [3.63, 3.8) is 0 Å². The number of guanidine groups is 1. The predicted octanol–water partition coefficient (Wildman–Crippen LogP) is 2.69. The average Bonchev–Trinajstić information content (AvgIpc) is 2.63. The molecule has 1 saturated heterocycles. The van der Waals surface area contributed by atoms with Crippen LogP contribution in [0.3, 0.4) is 0 Å². The van der Waals surface area contributed by atoms with Crippen molar-refractivity contribution in [2.75, 3.05) is 53.0 Å². The lowest BCUT2D eigenvalue weighted by Crippen LogP contribution is -2.54. The summed E-state index contributed by atoms with van der Waals surface area (Å²) in [5, 5.41) is 3.87. The van der Waals surface area contributed by atoms with Crippen LogP contribution in [0.1, 0.15) is 6.92 Å². The number of hydrogen-bond acceptors (Lipinski definition) is 4. The van der Waals surface area contributed by atoms with E-state index in [-0.39, 0.29) is 30.1 Å². The fourth-order valence-electron chi connectivity index (χ4n) is 2.53. The molecule has 0 saturated carbocycles. The number of amides is 1. The van der Waals surface area contributed by atoms with Crippen molar-refractivity contribution in [1.29, 1.82) is 0 Å². The maximum Gasteiger partial charge on any atom is 0.409 e. The van der Waals surface area contributed by atoms with Gasteiger partial charge < -0.3 is 24.6 Å². The van der Waals surface area contributed by atoms with Crippen LogP contribution in [0.2, 0.25) is 5.02 Å². The zero-order valence-corrected chi connectivity index (χ0v) is 18.2. The molecule has 0 bridgehead atoms. The van der Waals surface area contributed by atoms with Gasteiger partial charge in [-0.05, 0) is 19.1 Å². The summed E-state index contributed by atoms with van der Waals surface area (Å²) < 4.78 is 10.7. The van der Waals surface area contributed by atoms with Gasteiger partial charge in [0.25, 0.3) is 0 Å². The third kappa shape index (κ3) is 6.71. The van der Waals surface area contributed by atoms with E-state index in [0.717, 1.165) is 5.96 Å². The molecule has 0 aliphatic carbocycles. The smallest absolute Gasteiger partial charge is 0.409 e. The molecule has 1 aliphatic rings. The van der Waals surface area contributed by atoms with Crippen molar-refractivity contribution in [3.8, 4) is 5.75 Å². The summed E-state index contributed by atoms with van der Waals surface area (Å²) in [6, 6.07) is 7.39. The fraction of sp³-hybridized carbons (Fsp3) is 0.529. The lowest BCUT2D eigenvalue weighted by molar-refractivity contribution is 0.0914. The zero-order valence-electron chi connectivity index (χ0n) is 15.1. The number of halogens is 2. The predicted molar refractivity (Wildman–Crippen MR) is 114 cm³/mol. The Morgan fingerprint density at radius 1 is 1.23 bits per heavy atom. The second kappa shape index (κ2) is 12.1. The highest BCUT2D eigenvalue weighted by molar-refractivity contribution is 14.0. The largest absolute Gasteiger partial charge is 0.490 e. The third-order valence-electron chi connectivity index (χ3n) is 3.80. The number of carbonyl (C=O) groups excluding carboxylic acids is 1. The van der Waals surface area contributed by atoms with Gasteiger partial charge in [-0.15, -0.1) is 24.0 Å². The van der Waals surface area contributed by atoms with Crippen LogP contribution in [0, 0.1) is 0 Å². The molecular weight excluding hydrogens is 471 g/mol. The van der Waals surface area contributed by atoms with Crippen LogP contribution in [0.15, 0.2) is 29.3 Å². The molecule has 1 aromatic rings. The minimum atomic E-state index is -0.252. The lowest BCUT2D eigenvalue weighted by Gasteiger charge is -2.35. The van der Waals surface area contributed by atoms with Crippen LogP contribution in [0.4, 0.5) is 4.79 Å². The average molecular weight is 497 g/mol. The Balaban J connectivity index is 0.00000338. The third-order valence-corrected chi connectivity index (χ3v) is 4.11. The van der Waals surface area contributed by atoms with E-state index in [1.807, 2.05) is 25.1 Å². The highest BCUT2D eigenvalue weighted by Gasteiger charge is 2.23. The summed E-state index contributed by atoms with van der Waals surface area (Å²) in [6.07, 6.45) is -0.252. The second-order valence-electron chi connectivity index (χ2n) is 5.43. The van der Waals surface area contributed by atoms with Gasteiger partial charge in [0.05, 0.1) is 18.2 Å². The standard InChI is InChI=1S/C17H25ClN4O3.HI/c1-3-24-17(23)22-11-9-21(10-12-22)16(19-2)20-8-13-25-15-7-5-4-6-14(15)18;/h4-7H,3,8-13H2,1-2H3,(H,19,20);1H. The van der Waals surface area contributed by atoms with Crippen molar-refractivity contribution >= 4 is 47.6 Å². The van der Waals surface area contributed by atoms with Crippen molar-refractivity contribution in [1.82, 2.24) is 15.1 Å². The number of rotatable bonds is 5. The molecule has 146 valence electrons. The quantitative estimate of drug-likeness (QED) is 0.294. The summed E-state index contributed by atoms with van der Waals surface area (Å²) in [5.74, 6) is 1.47. The van der Waals surface area contributed by atoms with Gasteiger partial charge in [0.2, 0.25) is 0 Å². The number of carbonyl (C=O) groups is 1. The molecule has 1 aromatic carbocycles. The van der Waals surface area contributed by atoms with Gasteiger partial charge in [-0.3, -0.25) is 4.99 Å². The van der Waals surface area contributed by atoms with Crippen LogP contribution in [0.5, 0.6) is 5.75 Å². The Bertz CT molecular complexity index is 595. The van der Waals surface area contributed by atoms with Crippen molar-refractivity contribution in [2.24, 2.45) is 4.99 Å². The molecule has 7 nitrogen and oxygen atoms in total. The Kier molecular flexibility index (Phi) is 10.5. The molecule has 1 fully saturated rings. The number of hydrogen-bond donors (Lipinski definition) is 1. The van der Waals surface area contributed by atoms with Crippen molar-refractivity contribution < 1.29 is 14.3 Å². The number of aliphatic imine (C=N–C) groups is 1. The van der Waals surface area contributed by atoms with Gasteiger partial charge in [0.1, 0.15) is 12.4 Å². The highest BCUT2D eigenvalue weighted by atomic mass is 127. The summed E-state index contributed by atoms with van der Waals surface area (Å²) in [4.78, 5) is 19.9. The van der Waals surface area contributed by atoms with Crippen LogP contribution in [-0.2, 0) is 4.74 Å². The minimum absolute atomic E-state index is 0. The molecule has 1 aliphatic heterocycles. The second-order valence-corrected chi connectivity index (χ2v) is 5.83. The minimum Gasteiger partial charge on any atom is -0.490 e. The van der Waals surface area contributed by atoms with E-state index in [0.29, 0.717) is 56.7 Å². The first-order valence-electron chi connectivity index (χ1n) is 8.40. The maximum absolute atomic E-state index is 11.7. The van der Waals surface area contributed by atoms with Gasteiger partial charge in [-0.1, -0.05) is 23.7 Å². The number of para-hydroxylation sites is 1. The Morgan fingerprint density at radius 3 is 2.50 bits per heavy atom. The first-order valence-corrected chi connectivity index (χ1v) is 8.78. The molecule has 1 heterocycles. The number of nitrogens with one attached hydrogen (secondary N) is 1. The fourth-order valence-corrected chi connectivity index (χ4v) is 2.72. The van der Waals surface area contributed by atoms with E-state index in [9.17, 15) is 4.79 Å². The van der Waals surface area contributed by atoms with Crippen LogP contribution < -0.4 is 10.1 Å². The molecule has 0 atom stereocenters. The lowest BCUT2D eigenvalue weighted by atomic mass is 10.3. The van der Waals surface area contributed by atoms with Crippen LogP contribution >= 0.6 is 35.6 Å². The summed E-state index contributed by atoms with van der Waals surface area (Å²) in [5.41, 5.74) is 0. The molecule has 0 radical (unpaired) electrons. The van der Waals surface area contributed by atoms with Crippen molar-refractivity contribution in [2.45, 2.75) is 6.92 Å². The molecule has 2 rings (SSSR count). The number of nitrogens with zero attached hydrogens (tertiary/aromatic N) is 3. The van der Waals surface area contributed by atoms with E-state index in [2.05, 4.69) is 15.2 Å². The molecule has 1 amide bonds. The summed E-state index contributed by atoms with van der Waals surface area (Å²) in [7, 11) is 1.75. The van der Waals surface area contributed by atoms with E-state index < -0.39 is 0 Å². The topological polar surface area (TPSA) is 66.4 Å². The monoisotopic (exact) mass is 496 g/mol. The van der Waals surface area contributed by atoms with E-state index in [1.54, 1.807) is 18.0 Å². The normalized spacial score (nSPS) is 14.5. The highest BCUT2D eigenvalue weighted by Crippen LogP contribution is 2.22. The summed E-state index contributed by atoms with van der Waals surface area (Å²) in [6.45, 7) is 5.96. The molecule has 0 unspecified atom stereocenters. The van der Waals surface area contributed by atoms with E-state index >= 15 is 0 Å². The van der Waals surface area contributed by atoms with E-state index in [4.69, 9.17) is 21.1 Å². The molecule has 9 heteroatoms. The Hall–Kier alpha value is -1.42. The zero-order chi connectivity index (χ0) is 18.1. The van der Waals surface area contributed by atoms with Gasteiger partial charge in [-0.2, -0.15) is 0 Å². The van der Waals surface area contributed by atoms with Gasteiger partial charge in [-0.25, -0.2) is 4.79 Å². The van der Waals surface area contributed by atoms with Crippen molar-refractivity contribution in [3.05, 3.63) is 29.3 Å². The molecule has 0 spiro atoms. The number of ether oxygens (including phenoxy) is 2. The first kappa shape index (κ1) is 22.6. The molecule has 26 heavy (non-hydrogen) atoms. The SMILES string of the molecule is CCOC(=O)N1CCN(C(=NC)NCCOc2ccccc2Cl)CC1.I. The van der Waals surface area contributed by atoms with Gasteiger partial charge in [0, 0.05) is 33.2 Å². The molecule has 0 aromatic heterocycles. The van der Waals surface area contributed by atoms with Gasteiger partial charge in [0.15, 0.2) is 5.96 Å². The Morgan fingerprint density at radius 2 is 1.88 bits per heavy atom. The first-order chi connectivity index (χ1) is 12.2. The van der Waals surface area contributed by atoms with E-state index in [1.165, 1.54) is 0 Å². The van der Waals surface area contributed by atoms with Crippen LogP contribution in [-0.4, -0.2) is 74.8 Å². The van der Waals surface area contributed by atoms with Gasteiger partial charge >= 0.3 is 6.09 Å². The number of benzene rings is 1. The van der Waals surface area contributed by atoms with Crippen LogP contribution in [0.25, 0.3) is 0 Å². The Labute approximate surface area is 176 Å². The maximum atomic E-state index is 11.7. The summed E-state index contributed by atoms with van der Waals surface area (Å²) >= 11 is 6.06. The molecular formula is C17H26ClIN4O3. The number of piperazine rings is 1.